The van der Waals surface area contributed by atoms with E-state index in [1.165, 1.54) is 0 Å². The number of aromatic amines is 1. The molecule has 3 rings (SSSR count). The molecule has 3 N–H and O–H groups in total. The lowest BCUT2D eigenvalue weighted by Crippen LogP contribution is -2.07. The predicted molar refractivity (Wildman–Crippen MR) is 79.0 cm³/mol. The highest BCUT2D eigenvalue weighted by Crippen LogP contribution is 2.22. The lowest BCUT2D eigenvalue weighted by molar-refractivity contribution is 0.462. The Bertz CT molecular complexity index is 809. The number of hydrogen-bond donors (Lipinski definition) is 2. The molecule has 1 heterocycles. The Kier molecular flexibility index (Phi) is 3.23. The molecule has 0 unspecified atom stereocenters. The van der Waals surface area contributed by atoms with Crippen LogP contribution in [0.1, 0.15) is 5.56 Å². The van der Waals surface area contributed by atoms with Gasteiger partial charge in [-0.3, -0.25) is 9.78 Å². The molecule has 0 aliphatic rings. The number of pyridine rings is 1. The Morgan fingerprint density at radius 1 is 1.05 bits per heavy atom. The molecular weight excluding hydrogens is 252 g/mol. The third kappa shape index (κ3) is 2.41. The number of hydrogen-bond acceptors (Lipinski definition) is 3. The summed E-state index contributed by atoms with van der Waals surface area (Å²) < 4.78 is 5.70. The molecule has 4 nitrogen and oxygen atoms in total. The van der Waals surface area contributed by atoms with Crippen LogP contribution in [-0.2, 0) is 6.54 Å². The van der Waals surface area contributed by atoms with Gasteiger partial charge in [0.25, 0.3) is 5.56 Å². The maximum atomic E-state index is 12.0. The van der Waals surface area contributed by atoms with Crippen molar-refractivity contribution in [2.24, 2.45) is 5.73 Å². The summed E-state index contributed by atoms with van der Waals surface area (Å²) >= 11 is 0. The quantitative estimate of drug-likeness (QED) is 0.766. The standard InChI is InChI=1S/C16H14N2O2/c17-10-11-4-3-6-13(8-11)20-15-9-12-5-1-2-7-14(12)16(19)18-15/h1-9H,10,17H2,(H,18,19). The first-order valence-electron chi connectivity index (χ1n) is 6.35. The Balaban J connectivity index is 2.00. The van der Waals surface area contributed by atoms with Crippen molar-refractivity contribution in [1.29, 1.82) is 0 Å². The number of aromatic nitrogens is 1. The van der Waals surface area contributed by atoms with Crippen molar-refractivity contribution in [2.45, 2.75) is 6.54 Å². The molecule has 3 aromatic rings. The average Bonchev–Trinajstić information content (AvgIpc) is 2.47. The first-order chi connectivity index (χ1) is 9.76. The van der Waals surface area contributed by atoms with Gasteiger partial charge in [-0.2, -0.15) is 0 Å². The van der Waals surface area contributed by atoms with Gasteiger partial charge in [0.2, 0.25) is 5.88 Å². The lowest BCUT2D eigenvalue weighted by Gasteiger charge is -2.07. The molecule has 1 aromatic heterocycles. The van der Waals surface area contributed by atoms with Crippen molar-refractivity contribution < 1.29 is 4.74 Å². The fourth-order valence-corrected chi connectivity index (χ4v) is 2.10. The number of benzene rings is 2. The summed E-state index contributed by atoms with van der Waals surface area (Å²) in [5.74, 6) is 1.07. The third-order valence-corrected chi connectivity index (χ3v) is 3.09. The Labute approximate surface area is 115 Å². The van der Waals surface area contributed by atoms with Crippen LogP contribution in [0.4, 0.5) is 0 Å². The first-order valence-corrected chi connectivity index (χ1v) is 6.35. The highest BCUT2D eigenvalue weighted by atomic mass is 16.5. The van der Waals surface area contributed by atoms with Crippen molar-refractivity contribution in [3.05, 3.63) is 70.5 Å². The van der Waals surface area contributed by atoms with E-state index < -0.39 is 0 Å². The molecule has 20 heavy (non-hydrogen) atoms. The van der Waals surface area contributed by atoms with Crippen molar-refractivity contribution in [1.82, 2.24) is 4.98 Å². The molecule has 0 aliphatic carbocycles. The normalized spacial score (nSPS) is 10.7. The summed E-state index contributed by atoms with van der Waals surface area (Å²) in [6.07, 6.45) is 0. The monoisotopic (exact) mass is 266 g/mol. The first kappa shape index (κ1) is 12.4. The molecular formula is C16H14N2O2. The van der Waals surface area contributed by atoms with Crippen LogP contribution in [0.2, 0.25) is 0 Å². The second kappa shape index (κ2) is 5.19. The highest BCUT2D eigenvalue weighted by molar-refractivity contribution is 5.82. The minimum Gasteiger partial charge on any atom is -0.441 e. The molecule has 0 radical (unpaired) electrons. The fourth-order valence-electron chi connectivity index (χ4n) is 2.10. The molecule has 4 heteroatoms. The van der Waals surface area contributed by atoms with Crippen LogP contribution in [0.5, 0.6) is 11.6 Å². The second-order valence-corrected chi connectivity index (χ2v) is 4.50. The number of nitrogens with two attached hydrogens (primary N) is 1. The molecule has 0 saturated carbocycles. The lowest BCUT2D eigenvalue weighted by atomic mass is 10.2. The van der Waals surface area contributed by atoms with Gasteiger partial charge in [-0.05, 0) is 29.1 Å². The number of rotatable bonds is 3. The zero-order valence-electron chi connectivity index (χ0n) is 10.8. The van der Waals surface area contributed by atoms with Crippen LogP contribution >= 0.6 is 0 Å². The number of ether oxygens (including phenoxy) is 1. The average molecular weight is 266 g/mol. The Hall–Kier alpha value is -2.59. The van der Waals surface area contributed by atoms with Crippen LogP contribution in [0.25, 0.3) is 10.8 Å². The van der Waals surface area contributed by atoms with Crippen LogP contribution in [0, 0.1) is 0 Å². The number of nitrogens with one attached hydrogen (secondary N) is 1. The summed E-state index contributed by atoms with van der Waals surface area (Å²) in [6, 6.07) is 16.7. The predicted octanol–water partition coefficient (Wildman–Crippen LogP) is 2.78. The molecule has 0 aliphatic heterocycles. The summed E-state index contributed by atoms with van der Waals surface area (Å²) in [6.45, 7) is 0.450. The van der Waals surface area contributed by atoms with Gasteiger partial charge in [-0.1, -0.05) is 30.3 Å². The van der Waals surface area contributed by atoms with E-state index in [4.69, 9.17) is 10.5 Å². The Morgan fingerprint density at radius 2 is 1.90 bits per heavy atom. The van der Waals surface area contributed by atoms with E-state index in [1.807, 2.05) is 48.5 Å². The van der Waals surface area contributed by atoms with Gasteiger partial charge in [0.05, 0.1) is 0 Å². The molecule has 0 amide bonds. The molecule has 0 spiro atoms. The van der Waals surface area contributed by atoms with E-state index >= 15 is 0 Å². The maximum absolute atomic E-state index is 12.0. The molecule has 0 bridgehead atoms. The van der Waals surface area contributed by atoms with Gasteiger partial charge < -0.3 is 10.5 Å². The summed E-state index contributed by atoms with van der Waals surface area (Å²) in [5, 5.41) is 1.50. The van der Waals surface area contributed by atoms with E-state index in [0.717, 1.165) is 10.9 Å². The second-order valence-electron chi connectivity index (χ2n) is 4.50. The minimum atomic E-state index is -0.159. The van der Waals surface area contributed by atoms with Crippen LogP contribution in [0.15, 0.2) is 59.4 Å². The van der Waals surface area contributed by atoms with E-state index in [0.29, 0.717) is 23.6 Å². The largest absolute Gasteiger partial charge is 0.441 e. The van der Waals surface area contributed by atoms with Gasteiger partial charge in [-0.15, -0.1) is 0 Å². The van der Waals surface area contributed by atoms with Crippen molar-refractivity contribution in [2.75, 3.05) is 0 Å². The topological polar surface area (TPSA) is 68.1 Å². The molecule has 0 atom stereocenters. The van der Waals surface area contributed by atoms with Crippen LogP contribution < -0.4 is 16.0 Å². The van der Waals surface area contributed by atoms with Gasteiger partial charge in [0.1, 0.15) is 5.75 Å². The van der Waals surface area contributed by atoms with Gasteiger partial charge >= 0.3 is 0 Å². The number of fused-ring (bicyclic) bond motifs is 1. The minimum absolute atomic E-state index is 0.159. The van der Waals surface area contributed by atoms with Crippen molar-refractivity contribution >= 4 is 10.8 Å². The van der Waals surface area contributed by atoms with Crippen molar-refractivity contribution in [3.8, 4) is 11.6 Å². The third-order valence-electron chi connectivity index (χ3n) is 3.09. The fraction of sp³-hybridized carbons (Fsp3) is 0.0625. The zero-order valence-corrected chi connectivity index (χ0v) is 10.8. The smallest absolute Gasteiger partial charge is 0.258 e. The van der Waals surface area contributed by atoms with Gasteiger partial charge in [-0.25, -0.2) is 0 Å². The maximum Gasteiger partial charge on any atom is 0.258 e. The summed E-state index contributed by atoms with van der Waals surface area (Å²) in [5.41, 5.74) is 6.42. The zero-order chi connectivity index (χ0) is 13.9. The van der Waals surface area contributed by atoms with E-state index in [1.54, 1.807) is 6.07 Å². The molecule has 2 aromatic carbocycles. The highest BCUT2D eigenvalue weighted by Gasteiger charge is 2.03. The number of H-pyrrole nitrogens is 1. The van der Waals surface area contributed by atoms with E-state index in [9.17, 15) is 4.79 Å². The van der Waals surface area contributed by atoms with Gasteiger partial charge in [0, 0.05) is 18.0 Å². The molecule has 100 valence electrons. The summed E-state index contributed by atoms with van der Waals surface area (Å²) in [7, 11) is 0. The van der Waals surface area contributed by atoms with Crippen LogP contribution in [0.3, 0.4) is 0 Å². The Morgan fingerprint density at radius 3 is 2.75 bits per heavy atom. The van der Waals surface area contributed by atoms with E-state index in [-0.39, 0.29) is 5.56 Å². The molecule has 0 saturated heterocycles. The molecule has 0 fully saturated rings. The van der Waals surface area contributed by atoms with E-state index in [2.05, 4.69) is 4.98 Å². The SMILES string of the molecule is NCc1cccc(Oc2cc3ccccc3c(=O)[nH]2)c1. The van der Waals surface area contributed by atoms with Crippen LogP contribution in [-0.4, -0.2) is 4.98 Å². The van der Waals surface area contributed by atoms with Gasteiger partial charge in [0.15, 0.2) is 0 Å². The summed E-state index contributed by atoms with van der Waals surface area (Å²) in [4.78, 5) is 14.7. The van der Waals surface area contributed by atoms with Crippen molar-refractivity contribution in [3.63, 3.8) is 0 Å².